The zero-order valence-electron chi connectivity index (χ0n) is 18.5. The predicted molar refractivity (Wildman–Crippen MR) is 120 cm³/mol. The van der Waals surface area contributed by atoms with Crippen LogP contribution in [0.4, 0.5) is 4.79 Å². The number of likely N-dealkylation sites (tertiary alicyclic amines) is 1. The maximum atomic E-state index is 12.3. The van der Waals surface area contributed by atoms with E-state index in [1.807, 2.05) is 39.0 Å². The standard InChI is InChI=1S/C24H29ClN2O4/c1-16(28)18-8-9-19(20(25)14-18)15-30-22-7-5-6-21(26-22)17-10-12-27(13-11-17)23(29)31-24(2,3)4/h5-9,14,17H,10-13,15H2,1-4H3. The lowest BCUT2D eigenvalue weighted by atomic mass is 9.93. The van der Waals surface area contributed by atoms with Crippen LogP contribution in [0.2, 0.25) is 5.02 Å². The molecule has 1 aromatic carbocycles. The number of Topliss-reactive ketones (excluding diaryl/α,β-unsaturated/α-hetero) is 1. The van der Waals surface area contributed by atoms with Crippen molar-refractivity contribution in [3.05, 3.63) is 58.2 Å². The summed E-state index contributed by atoms with van der Waals surface area (Å²) in [6.07, 6.45) is 1.39. The van der Waals surface area contributed by atoms with E-state index in [9.17, 15) is 9.59 Å². The summed E-state index contributed by atoms with van der Waals surface area (Å²) in [6.45, 7) is 8.68. The van der Waals surface area contributed by atoms with Crippen molar-refractivity contribution in [2.24, 2.45) is 0 Å². The molecule has 0 bridgehead atoms. The molecule has 1 aromatic heterocycles. The Bertz CT molecular complexity index is 947. The molecule has 1 aliphatic heterocycles. The minimum Gasteiger partial charge on any atom is -0.473 e. The molecule has 0 aliphatic carbocycles. The van der Waals surface area contributed by atoms with Crippen LogP contribution in [0, 0.1) is 0 Å². The Hall–Kier alpha value is -2.60. The van der Waals surface area contributed by atoms with Gasteiger partial charge in [0.15, 0.2) is 5.78 Å². The average molecular weight is 445 g/mol. The molecular weight excluding hydrogens is 416 g/mol. The molecule has 0 atom stereocenters. The van der Waals surface area contributed by atoms with Crippen LogP contribution < -0.4 is 4.74 Å². The van der Waals surface area contributed by atoms with Crippen molar-refractivity contribution in [3.63, 3.8) is 0 Å². The van der Waals surface area contributed by atoms with Crippen molar-refractivity contribution in [1.82, 2.24) is 9.88 Å². The maximum absolute atomic E-state index is 12.3. The van der Waals surface area contributed by atoms with Crippen LogP contribution in [0.15, 0.2) is 36.4 Å². The number of halogens is 1. The van der Waals surface area contributed by atoms with Gasteiger partial charge in [-0.25, -0.2) is 9.78 Å². The van der Waals surface area contributed by atoms with Crippen molar-refractivity contribution in [2.45, 2.75) is 58.7 Å². The minimum absolute atomic E-state index is 0.0264. The highest BCUT2D eigenvalue weighted by Crippen LogP contribution is 2.29. The van der Waals surface area contributed by atoms with Crippen molar-refractivity contribution >= 4 is 23.5 Å². The first-order valence-corrected chi connectivity index (χ1v) is 10.9. The Morgan fingerprint density at radius 3 is 2.48 bits per heavy atom. The normalized spacial score (nSPS) is 14.9. The lowest BCUT2D eigenvalue weighted by Crippen LogP contribution is -2.41. The number of ketones is 1. The third-order valence-electron chi connectivity index (χ3n) is 5.15. The highest BCUT2D eigenvalue weighted by molar-refractivity contribution is 6.31. The molecule has 166 valence electrons. The van der Waals surface area contributed by atoms with Crippen LogP contribution in [0.25, 0.3) is 0 Å². The Labute approximate surface area is 188 Å². The second kappa shape index (κ2) is 9.69. The number of carbonyl (C=O) groups is 2. The molecule has 0 spiro atoms. The fourth-order valence-corrected chi connectivity index (χ4v) is 3.69. The second-order valence-electron chi connectivity index (χ2n) is 8.79. The third kappa shape index (κ3) is 6.44. The number of benzene rings is 1. The molecule has 0 saturated carbocycles. The first-order chi connectivity index (χ1) is 14.6. The van der Waals surface area contributed by atoms with Gasteiger partial charge in [-0.1, -0.05) is 29.8 Å². The van der Waals surface area contributed by atoms with Gasteiger partial charge in [0.05, 0.1) is 0 Å². The number of pyridine rings is 1. The van der Waals surface area contributed by atoms with E-state index in [0.717, 1.165) is 24.1 Å². The van der Waals surface area contributed by atoms with E-state index in [-0.39, 0.29) is 24.4 Å². The topological polar surface area (TPSA) is 68.7 Å². The first-order valence-electron chi connectivity index (χ1n) is 10.5. The van der Waals surface area contributed by atoms with Crippen molar-refractivity contribution in [1.29, 1.82) is 0 Å². The zero-order valence-corrected chi connectivity index (χ0v) is 19.2. The van der Waals surface area contributed by atoms with Crippen molar-refractivity contribution in [3.8, 4) is 5.88 Å². The van der Waals surface area contributed by atoms with Gasteiger partial charge in [-0.2, -0.15) is 0 Å². The molecule has 6 nitrogen and oxygen atoms in total. The van der Waals surface area contributed by atoms with Crippen LogP contribution in [0.1, 0.15) is 68.1 Å². The predicted octanol–water partition coefficient (Wildman–Crippen LogP) is 5.63. The molecule has 1 aliphatic rings. The van der Waals surface area contributed by atoms with E-state index >= 15 is 0 Å². The van der Waals surface area contributed by atoms with Gasteiger partial charge < -0.3 is 14.4 Å². The molecule has 0 N–H and O–H groups in total. The molecule has 7 heteroatoms. The summed E-state index contributed by atoms with van der Waals surface area (Å²) >= 11 is 6.28. The third-order valence-corrected chi connectivity index (χ3v) is 5.50. The molecule has 2 heterocycles. The average Bonchev–Trinajstić information content (AvgIpc) is 2.72. The van der Waals surface area contributed by atoms with Crippen molar-refractivity contribution in [2.75, 3.05) is 13.1 Å². The van der Waals surface area contributed by atoms with E-state index in [0.29, 0.717) is 29.6 Å². The SMILES string of the molecule is CC(=O)c1ccc(COc2cccc(C3CCN(C(=O)OC(C)(C)C)CC3)n2)c(Cl)c1. The minimum atomic E-state index is -0.490. The quantitative estimate of drug-likeness (QED) is 0.559. The fraction of sp³-hybridized carbons (Fsp3) is 0.458. The molecule has 3 rings (SSSR count). The maximum Gasteiger partial charge on any atom is 0.410 e. The first kappa shape index (κ1) is 23.1. The second-order valence-corrected chi connectivity index (χ2v) is 9.20. The number of rotatable bonds is 5. The summed E-state index contributed by atoms with van der Waals surface area (Å²) < 4.78 is 11.3. The van der Waals surface area contributed by atoms with Gasteiger partial charge in [0.1, 0.15) is 12.2 Å². The molecular formula is C24H29ClN2O4. The van der Waals surface area contributed by atoms with Crippen molar-refractivity contribution < 1.29 is 19.1 Å². The lowest BCUT2D eigenvalue weighted by Gasteiger charge is -2.33. The number of carbonyl (C=O) groups excluding carboxylic acids is 2. The largest absolute Gasteiger partial charge is 0.473 e. The van der Waals surface area contributed by atoms with Crippen LogP contribution in [0.5, 0.6) is 5.88 Å². The van der Waals surface area contributed by atoms with E-state index in [4.69, 9.17) is 21.1 Å². The molecule has 1 saturated heterocycles. The van der Waals surface area contributed by atoms with Crippen LogP contribution in [-0.2, 0) is 11.3 Å². The van der Waals surface area contributed by atoms with Gasteiger partial charge in [-0.15, -0.1) is 0 Å². The lowest BCUT2D eigenvalue weighted by molar-refractivity contribution is 0.0203. The Kier molecular flexibility index (Phi) is 7.21. The number of hydrogen-bond acceptors (Lipinski definition) is 5. The van der Waals surface area contributed by atoms with E-state index < -0.39 is 5.60 Å². The van der Waals surface area contributed by atoms with Crippen LogP contribution >= 0.6 is 11.6 Å². The smallest absolute Gasteiger partial charge is 0.410 e. The zero-order chi connectivity index (χ0) is 22.6. The number of amides is 1. The van der Waals surface area contributed by atoms with Gasteiger partial charge in [0.25, 0.3) is 0 Å². The number of hydrogen-bond donors (Lipinski definition) is 0. The van der Waals surface area contributed by atoms with E-state index in [2.05, 4.69) is 4.98 Å². The number of piperidine rings is 1. The molecule has 1 amide bonds. The highest BCUT2D eigenvalue weighted by atomic mass is 35.5. The Balaban J connectivity index is 1.57. The fourth-order valence-electron chi connectivity index (χ4n) is 3.46. The number of ether oxygens (including phenoxy) is 2. The van der Waals surface area contributed by atoms with Gasteiger partial charge >= 0.3 is 6.09 Å². The molecule has 2 aromatic rings. The van der Waals surface area contributed by atoms with Gasteiger partial charge in [-0.05, 0) is 52.7 Å². The van der Waals surface area contributed by atoms with Crippen LogP contribution in [-0.4, -0.2) is 40.5 Å². The summed E-state index contributed by atoms with van der Waals surface area (Å²) in [5.74, 6) is 0.765. The molecule has 31 heavy (non-hydrogen) atoms. The molecule has 1 fully saturated rings. The van der Waals surface area contributed by atoms with Gasteiger partial charge in [-0.3, -0.25) is 4.79 Å². The summed E-state index contributed by atoms with van der Waals surface area (Å²) in [6, 6.07) is 10.9. The highest BCUT2D eigenvalue weighted by Gasteiger charge is 2.28. The summed E-state index contributed by atoms with van der Waals surface area (Å²) in [5.41, 5.74) is 1.84. The molecule has 0 radical (unpaired) electrons. The number of nitrogens with zero attached hydrogens (tertiary/aromatic N) is 2. The number of aromatic nitrogens is 1. The monoisotopic (exact) mass is 444 g/mol. The van der Waals surface area contributed by atoms with E-state index in [1.54, 1.807) is 23.1 Å². The molecule has 0 unspecified atom stereocenters. The summed E-state index contributed by atoms with van der Waals surface area (Å²) in [7, 11) is 0. The van der Waals surface area contributed by atoms with Crippen LogP contribution in [0.3, 0.4) is 0 Å². The Morgan fingerprint density at radius 2 is 1.87 bits per heavy atom. The summed E-state index contributed by atoms with van der Waals surface area (Å²) in [4.78, 5) is 30.1. The van der Waals surface area contributed by atoms with Gasteiger partial charge in [0.2, 0.25) is 5.88 Å². The van der Waals surface area contributed by atoms with E-state index in [1.165, 1.54) is 6.92 Å². The Morgan fingerprint density at radius 1 is 1.16 bits per heavy atom. The van der Waals surface area contributed by atoms with Gasteiger partial charge in [0, 0.05) is 46.9 Å². The summed E-state index contributed by atoms with van der Waals surface area (Å²) in [5, 5.41) is 0.498.